The van der Waals surface area contributed by atoms with Gasteiger partial charge in [0.05, 0.1) is 0 Å². The van der Waals surface area contributed by atoms with Crippen LogP contribution in [-0.4, -0.2) is 31.2 Å². The van der Waals surface area contributed by atoms with Gasteiger partial charge in [-0.2, -0.15) is 0 Å². The molecule has 25 heavy (non-hydrogen) atoms. The molecule has 7 heteroatoms. The van der Waals surface area contributed by atoms with Crippen molar-refractivity contribution in [2.24, 2.45) is 0 Å². The van der Waals surface area contributed by atoms with E-state index < -0.39 is 30.4 Å². The minimum absolute atomic E-state index is 0.000634. The number of hydrogen-bond donors (Lipinski definition) is 1. The Morgan fingerprint density at radius 1 is 1.24 bits per heavy atom. The smallest absolute Gasteiger partial charge is 0.351 e. The summed E-state index contributed by atoms with van der Waals surface area (Å²) in [4.78, 5) is 23.8. The van der Waals surface area contributed by atoms with E-state index in [0.29, 0.717) is 17.1 Å². The maximum Gasteiger partial charge on any atom is 0.351 e. The molecule has 1 amide bonds. The molecule has 1 N–H and O–H groups in total. The molecule has 1 heterocycles. The Labute approximate surface area is 143 Å². The highest BCUT2D eigenvalue weighted by Gasteiger charge is 2.29. The fourth-order valence-electron chi connectivity index (χ4n) is 2.23. The molecule has 2 aromatic rings. The summed E-state index contributed by atoms with van der Waals surface area (Å²) in [6.07, 6.45) is -0.945. The van der Waals surface area contributed by atoms with Gasteiger partial charge in [0.25, 0.3) is 5.91 Å². The predicted molar refractivity (Wildman–Crippen MR) is 87.1 cm³/mol. The SMILES string of the molecule is Cc1ccc(NC(=O)COC(=O)[C@@H]2COc3ccccc3O2)cc1F. The summed E-state index contributed by atoms with van der Waals surface area (Å²) in [5.41, 5.74) is 0.759. The Bertz CT molecular complexity index is 808. The number of amides is 1. The van der Waals surface area contributed by atoms with Crippen LogP contribution in [0.4, 0.5) is 10.1 Å². The lowest BCUT2D eigenvalue weighted by Gasteiger charge is -2.24. The molecular formula is C18H16FNO5. The van der Waals surface area contributed by atoms with Crippen molar-refractivity contribution in [1.29, 1.82) is 0 Å². The van der Waals surface area contributed by atoms with Crippen LogP contribution in [-0.2, 0) is 14.3 Å². The highest BCUT2D eigenvalue weighted by molar-refractivity contribution is 5.93. The summed E-state index contributed by atoms with van der Waals surface area (Å²) < 4.78 is 29.3. The molecule has 6 nitrogen and oxygen atoms in total. The van der Waals surface area contributed by atoms with Crippen LogP contribution in [0.5, 0.6) is 11.5 Å². The van der Waals surface area contributed by atoms with Crippen molar-refractivity contribution >= 4 is 17.6 Å². The molecule has 0 aliphatic carbocycles. The average molecular weight is 345 g/mol. The van der Waals surface area contributed by atoms with E-state index in [4.69, 9.17) is 14.2 Å². The predicted octanol–water partition coefficient (Wildman–Crippen LogP) is 2.46. The molecule has 1 aliphatic heterocycles. The second-order valence-corrected chi connectivity index (χ2v) is 5.48. The minimum Gasteiger partial charge on any atom is -0.485 e. The lowest BCUT2D eigenvalue weighted by atomic mass is 10.2. The van der Waals surface area contributed by atoms with E-state index in [1.807, 2.05) is 0 Å². The van der Waals surface area contributed by atoms with Gasteiger partial charge in [-0.05, 0) is 36.8 Å². The van der Waals surface area contributed by atoms with E-state index in [1.54, 1.807) is 43.3 Å². The lowest BCUT2D eigenvalue weighted by Crippen LogP contribution is -2.39. The third-order valence-corrected chi connectivity index (χ3v) is 3.57. The molecule has 0 unspecified atom stereocenters. The van der Waals surface area contributed by atoms with Crippen molar-refractivity contribution in [3.63, 3.8) is 0 Å². The molecule has 3 rings (SSSR count). The minimum atomic E-state index is -0.945. The zero-order chi connectivity index (χ0) is 17.8. The van der Waals surface area contributed by atoms with Gasteiger partial charge in [-0.1, -0.05) is 18.2 Å². The van der Waals surface area contributed by atoms with Gasteiger partial charge in [0.2, 0.25) is 6.10 Å². The first kappa shape index (κ1) is 16.8. The summed E-state index contributed by atoms with van der Waals surface area (Å²) in [6.45, 7) is 1.11. The molecular weight excluding hydrogens is 329 g/mol. The molecule has 2 aromatic carbocycles. The van der Waals surface area contributed by atoms with E-state index in [-0.39, 0.29) is 12.3 Å². The topological polar surface area (TPSA) is 73.9 Å². The number of fused-ring (bicyclic) bond motifs is 1. The Balaban J connectivity index is 1.50. The monoisotopic (exact) mass is 345 g/mol. The number of anilines is 1. The quantitative estimate of drug-likeness (QED) is 0.862. The van der Waals surface area contributed by atoms with Gasteiger partial charge in [0.1, 0.15) is 12.4 Å². The molecule has 0 aromatic heterocycles. The van der Waals surface area contributed by atoms with Crippen LogP contribution in [0, 0.1) is 12.7 Å². The second kappa shape index (κ2) is 7.21. The second-order valence-electron chi connectivity index (χ2n) is 5.48. The number of carbonyl (C=O) groups excluding carboxylic acids is 2. The first-order chi connectivity index (χ1) is 12.0. The van der Waals surface area contributed by atoms with Crippen molar-refractivity contribution < 1.29 is 28.2 Å². The van der Waals surface area contributed by atoms with Gasteiger partial charge in [-0.25, -0.2) is 9.18 Å². The first-order valence-corrected chi connectivity index (χ1v) is 7.64. The van der Waals surface area contributed by atoms with Gasteiger partial charge in [0, 0.05) is 5.69 Å². The van der Waals surface area contributed by atoms with Crippen molar-refractivity contribution in [1.82, 2.24) is 0 Å². The molecule has 0 saturated heterocycles. The van der Waals surface area contributed by atoms with E-state index in [0.717, 1.165) is 0 Å². The first-order valence-electron chi connectivity index (χ1n) is 7.64. The summed E-state index contributed by atoms with van der Waals surface area (Å²) in [5.74, 6) is -0.726. The Morgan fingerprint density at radius 3 is 2.76 bits per heavy atom. The summed E-state index contributed by atoms with van der Waals surface area (Å²) in [7, 11) is 0. The number of para-hydroxylation sites is 2. The normalized spacial score (nSPS) is 15.4. The van der Waals surface area contributed by atoms with E-state index in [9.17, 15) is 14.0 Å². The van der Waals surface area contributed by atoms with Gasteiger partial charge >= 0.3 is 5.97 Å². The number of rotatable bonds is 4. The number of aryl methyl sites for hydroxylation is 1. The van der Waals surface area contributed by atoms with Gasteiger partial charge < -0.3 is 19.5 Å². The molecule has 0 saturated carbocycles. The van der Waals surface area contributed by atoms with Gasteiger partial charge in [-0.15, -0.1) is 0 Å². The summed E-state index contributed by atoms with van der Waals surface area (Å²) in [5, 5.41) is 2.46. The van der Waals surface area contributed by atoms with Crippen LogP contribution in [0.2, 0.25) is 0 Å². The number of carbonyl (C=O) groups is 2. The molecule has 1 aliphatic rings. The van der Waals surface area contributed by atoms with Crippen molar-refractivity contribution in [2.75, 3.05) is 18.5 Å². The number of halogens is 1. The summed E-state index contributed by atoms with van der Waals surface area (Å²) in [6, 6.07) is 11.3. The number of benzene rings is 2. The van der Waals surface area contributed by atoms with Gasteiger partial charge in [-0.3, -0.25) is 4.79 Å². The zero-order valence-corrected chi connectivity index (χ0v) is 13.5. The van der Waals surface area contributed by atoms with Crippen molar-refractivity contribution in [2.45, 2.75) is 13.0 Å². The van der Waals surface area contributed by atoms with Crippen LogP contribution < -0.4 is 14.8 Å². The van der Waals surface area contributed by atoms with E-state index in [2.05, 4.69) is 5.32 Å². The molecule has 0 radical (unpaired) electrons. The van der Waals surface area contributed by atoms with E-state index >= 15 is 0 Å². The van der Waals surface area contributed by atoms with Crippen LogP contribution in [0.15, 0.2) is 42.5 Å². The van der Waals surface area contributed by atoms with Crippen LogP contribution in [0.3, 0.4) is 0 Å². The van der Waals surface area contributed by atoms with Crippen LogP contribution >= 0.6 is 0 Å². The van der Waals surface area contributed by atoms with Gasteiger partial charge in [0.15, 0.2) is 18.1 Å². The fourth-order valence-corrected chi connectivity index (χ4v) is 2.23. The number of hydrogen-bond acceptors (Lipinski definition) is 5. The Kier molecular flexibility index (Phi) is 4.83. The average Bonchev–Trinajstić information content (AvgIpc) is 2.62. The zero-order valence-electron chi connectivity index (χ0n) is 13.5. The molecule has 1 atom stereocenters. The highest BCUT2D eigenvalue weighted by Crippen LogP contribution is 2.31. The maximum absolute atomic E-state index is 13.4. The standard InChI is InChI=1S/C18H16FNO5/c1-11-6-7-12(8-13(11)19)20-17(21)10-24-18(22)16-9-23-14-4-2-3-5-15(14)25-16/h2-8,16H,9-10H2,1H3,(H,20,21)/t16-/m0/s1. The molecule has 0 fully saturated rings. The molecule has 130 valence electrons. The lowest BCUT2D eigenvalue weighted by molar-refractivity contribution is -0.156. The maximum atomic E-state index is 13.4. The van der Waals surface area contributed by atoms with Crippen molar-refractivity contribution in [3.8, 4) is 11.5 Å². The largest absolute Gasteiger partial charge is 0.485 e. The van der Waals surface area contributed by atoms with E-state index in [1.165, 1.54) is 6.07 Å². The van der Waals surface area contributed by atoms with Crippen LogP contribution in [0.1, 0.15) is 5.56 Å². The third kappa shape index (κ3) is 4.06. The number of esters is 1. The summed E-state index contributed by atoms with van der Waals surface area (Å²) >= 11 is 0. The van der Waals surface area contributed by atoms with Crippen molar-refractivity contribution in [3.05, 3.63) is 53.8 Å². The Hall–Kier alpha value is -3.09. The third-order valence-electron chi connectivity index (χ3n) is 3.57. The highest BCUT2D eigenvalue weighted by atomic mass is 19.1. The number of nitrogens with one attached hydrogen (secondary N) is 1. The Morgan fingerprint density at radius 2 is 2.00 bits per heavy atom. The number of ether oxygens (including phenoxy) is 3. The fraction of sp³-hybridized carbons (Fsp3) is 0.222. The molecule has 0 spiro atoms. The molecule has 0 bridgehead atoms. The van der Waals surface area contributed by atoms with Crippen LogP contribution in [0.25, 0.3) is 0 Å².